The minimum absolute atomic E-state index is 0.0769. The Morgan fingerprint density at radius 3 is 2.31 bits per heavy atom. The van der Waals surface area contributed by atoms with Crippen molar-refractivity contribution in [1.29, 1.82) is 0 Å². The van der Waals surface area contributed by atoms with Crippen molar-refractivity contribution in [2.45, 2.75) is 11.8 Å². The Balaban J connectivity index is 2.91. The lowest BCUT2D eigenvalue weighted by Gasteiger charge is -2.05. The van der Waals surface area contributed by atoms with Crippen LogP contribution in [0, 0.1) is 0 Å². The van der Waals surface area contributed by atoms with Crippen molar-refractivity contribution in [2.24, 2.45) is 5.73 Å². The van der Waals surface area contributed by atoms with Crippen LogP contribution in [-0.2, 0) is 14.6 Å². The van der Waals surface area contributed by atoms with Crippen LogP contribution in [0.2, 0.25) is 0 Å². The van der Waals surface area contributed by atoms with Crippen LogP contribution in [0.1, 0.15) is 6.92 Å². The quantitative estimate of drug-likeness (QED) is 0.798. The summed E-state index contributed by atoms with van der Waals surface area (Å²) in [6.45, 7) is 1.48. The van der Waals surface area contributed by atoms with Gasteiger partial charge in [0.25, 0.3) is 0 Å². The predicted octanol–water partition coefficient (Wildman–Crippen LogP) is 0.377. The van der Waals surface area contributed by atoms with Gasteiger partial charge in [-0.25, -0.2) is 8.42 Å². The lowest BCUT2D eigenvalue weighted by atomic mass is 10.3. The Morgan fingerprint density at radius 2 is 1.88 bits per heavy atom. The van der Waals surface area contributed by atoms with E-state index in [4.69, 9.17) is 5.73 Å². The standard InChI is InChI=1S/C10H14N2O3S/c1-8(13)12-9-2-4-10(5-3-9)16(14,15)7-6-11/h2-5H,6-7,11H2,1H3,(H,12,13). The van der Waals surface area contributed by atoms with Gasteiger partial charge in [0.05, 0.1) is 10.6 Å². The molecule has 1 aromatic carbocycles. The summed E-state index contributed by atoms with van der Waals surface area (Å²) in [6.07, 6.45) is 0. The van der Waals surface area contributed by atoms with Gasteiger partial charge in [0.1, 0.15) is 0 Å². The number of hydrogen-bond donors (Lipinski definition) is 2. The van der Waals surface area contributed by atoms with Gasteiger partial charge in [-0.05, 0) is 24.3 Å². The van der Waals surface area contributed by atoms with Crippen LogP contribution < -0.4 is 11.1 Å². The molecule has 0 aliphatic heterocycles. The number of nitrogens with one attached hydrogen (secondary N) is 1. The highest BCUT2D eigenvalue weighted by atomic mass is 32.2. The van der Waals surface area contributed by atoms with Crippen molar-refractivity contribution in [2.75, 3.05) is 17.6 Å². The maximum atomic E-state index is 11.6. The van der Waals surface area contributed by atoms with E-state index in [1.807, 2.05) is 0 Å². The highest BCUT2D eigenvalue weighted by Crippen LogP contribution is 2.14. The summed E-state index contributed by atoms with van der Waals surface area (Å²) in [5.41, 5.74) is 5.78. The minimum Gasteiger partial charge on any atom is -0.329 e. The zero-order valence-electron chi connectivity index (χ0n) is 8.93. The highest BCUT2D eigenvalue weighted by molar-refractivity contribution is 7.91. The van der Waals surface area contributed by atoms with Gasteiger partial charge in [0, 0.05) is 19.2 Å². The first-order chi connectivity index (χ1) is 7.45. The fraction of sp³-hybridized carbons (Fsp3) is 0.300. The van der Waals surface area contributed by atoms with Gasteiger partial charge in [-0.15, -0.1) is 0 Å². The van der Waals surface area contributed by atoms with E-state index in [0.29, 0.717) is 5.69 Å². The average Bonchev–Trinajstić information content (AvgIpc) is 2.17. The Hall–Kier alpha value is -1.40. The van der Waals surface area contributed by atoms with Crippen LogP contribution in [0.4, 0.5) is 5.69 Å². The summed E-state index contributed by atoms with van der Waals surface area (Å²) >= 11 is 0. The molecular weight excluding hydrogens is 228 g/mol. The number of rotatable bonds is 4. The molecule has 88 valence electrons. The summed E-state index contributed by atoms with van der Waals surface area (Å²) in [6, 6.07) is 6.00. The third-order valence-electron chi connectivity index (χ3n) is 1.92. The predicted molar refractivity (Wildman–Crippen MR) is 61.9 cm³/mol. The molecule has 5 nitrogen and oxygen atoms in total. The number of sulfone groups is 1. The van der Waals surface area contributed by atoms with Crippen LogP contribution in [0.3, 0.4) is 0 Å². The maximum Gasteiger partial charge on any atom is 0.221 e. The molecule has 0 fully saturated rings. The average molecular weight is 242 g/mol. The normalized spacial score (nSPS) is 11.1. The zero-order valence-corrected chi connectivity index (χ0v) is 9.75. The van der Waals surface area contributed by atoms with Crippen LogP contribution in [0.25, 0.3) is 0 Å². The molecule has 0 aliphatic carbocycles. The second-order valence-corrected chi connectivity index (χ2v) is 5.42. The molecule has 0 radical (unpaired) electrons. The molecule has 16 heavy (non-hydrogen) atoms. The number of anilines is 1. The van der Waals surface area contributed by atoms with Gasteiger partial charge < -0.3 is 11.1 Å². The van der Waals surface area contributed by atoms with E-state index in [9.17, 15) is 13.2 Å². The maximum absolute atomic E-state index is 11.6. The number of nitrogens with two attached hydrogens (primary N) is 1. The molecule has 1 rings (SSSR count). The van der Waals surface area contributed by atoms with E-state index < -0.39 is 9.84 Å². The van der Waals surface area contributed by atoms with E-state index in [1.54, 1.807) is 12.1 Å². The molecule has 0 bridgehead atoms. The molecule has 1 aromatic rings. The fourth-order valence-electron chi connectivity index (χ4n) is 1.22. The monoisotopic (exact) mass is 242 g/mol. The number of carbonyl (C=O) groups excluding carboxylic acids is 1. The third kappa shape index (κ3) is 3.32. The first-order valence-electron chi connectivity index (χ1n) is 4.76. The van der Waals surface area contributed by atoms with Crippen molar-refractivity contribution in [3.05, 3.63) is 24.3 Å². The topological polar surface area (TPSA) is 89.3 Å². The molecule has 0 aliphatic rings. The summed E-state index contributed by atoms with van der Waals surface area (Å²) in [5.74, 6) is -0.274. The molecule has 0 atom stereocenters. The number of amides is 1. The molecular formula is C10H14N2O3S. The molecule has 0 heterocycles. The number of benzene rings is 1. The van der Waals surface area contributed by atoms with Crippen LogP contribution in [0.5, 0.6) is 0 Å². The van der Waals surface area contributed by atoms with Crippen LogP contribution >= 0.6 is 0 Å². The molecule has 6 heteroatoms. The van der Waals surface area contributed by atoms with Crippen molar-refractivity contribution in [3.63, 3.8) is 0 Å². The van der Waals surface area contributed by atoms with Crippen molar-refractivity contribution in [3.8, 4) is 0 Å². The van der Waals surface area contributed by atoms with E-state index in [0.717, 1.165) is 0 Å². The molecule has 0 saturated carbocycles. The van der Waals surface area contributed by atoms with Gasteiger partial charge in [0.2, 0.25) is 5.91 Å². The van der Waals surface area contributed by atoms with E-state index in [-0.39, 0.29) is 23.1 Å². The van der Waals surface area contributed by atoms with Crippen molar-refractivity contribution in [1.82, 2.24) is 0 Å². The molecule has 0 aromatic heterocycles. The lowest BCUT2D eigenvalue weighted by Crippen LogP contribution is -2.15. The Morgan fingerprint density at radius 1 is 1.31 bits per heavy atom. The smallest absolute Gasteiger partial charge is 0.221 e. The van der Waals surface area contributed by atoms with E-state index in [1.165, 1.54) is 19.1 Å². The fourth-order valence-corrected chi connectivity index (χ4v) is 2.32. The largest absolute Gasteiger partial charge is 0.329 e. The van der Waals surface area contributed by atoms with Crippen LogP contribution in [0.15, 0.2) is 29.2 Å². The Kier molecular flexibility index (Phi) is 4.03. The Bertz CT molecular complexity index is 465. The van der Waals surface area contributed by atoms with Crippen molar-refractivity contribution < 1.29 is 13.2 Å². The summed E-state index contributed by atoms with van der Waals surface area (Å²) in [7, 11) is -3.29. The highest BCUT2D eigenvalue weighted by Gasteiger charge is 2.12. The molecule has 0 spiro atoms. The number of carbonyl (C=O) groups is 1. The summed E-state index contributed by atoms with van der Waals surface area (Å²) in [5, 5.41) is 2.56. The molecule has 3 N–H and O–H groups in total. The van der Waals surface area contributed by atoms with Gasteiger partial charge in [0.15, 0.2) is 9.84 Å². The van der Waals surface area contributed by atoms with Crippen LogP contribution in [-0.4, -0.2) is 26.6 Å². The van der Waals surface area contributed by atoms with E-state index >= 15 is 0 Å². The Labute approximate surface area is 94.6 Å². The summed E-state index contributed by atoms with van der Waals surface area (Å²) < 4.78 is 23.2. The zero-order chi connectivity index (χ0) is 12.2. The molecule has 1 amide bonds. The third-order valence-corrected chi connectivity index (χ3v) is 3.68. The van der Waals surface area contributed by atoms with Crippen molar-refractivity contribution >= 4 is 21.4 Å². The first-order valence-corrected chi connectivity index (χ1v) is 6.41. The lowest BCUT2D eigenvalue weighted by molar-refractivity contribution is -0.114. The van der Waals surface area contributed by atoms with Gasteiger partial charge in [-0.3, -0.25) is 4.79 Å². The first kappa shape index (κ1) is 12.7. The summed E-state index contributed by atoms with van der Waals surface area (Å²) in [4.78, 5) is 11.0. The SMILES string of the molecule is CC(=O)Nc1ccc(S(=O)(=O)CCN)cc1. The van der Waals surface area contributed by atoms with Gasteiger partial charge in [-0.2, -0.15) is 0 Å². The molecule has 0 unspecified atom stereocenters. The van der Waals surface area contributed by atoms with Gasteiger partial charge in [-0.1, -0.05) is 0 Å². The van der Waals surface area contributed by atoms with E-state index in [2.05, 4.69) is 5.32 Å². The van der Waals surface area contributed by atoms with Gasteiger partial charge >= 0.3 is 0 Å². The second kappa shape index (κ2) is 5.09. The second-order valence-electron chi connectivity index (χ2n) is 3.31. The molecule has 0 saturated heterocycles. The number of hydrogen-bond acceptors (Lipinski definition) is 4. The minimum atomic E-state index is -3.29.